The Hall–Kier alpha value is -1.12. The molecule has 0 N–H and O–H groups in total. The van der Waals surface area contributed by atoms with Crippen LogP contribution in [0.25, 0.3) is 0 Å². The molecule has 5 rings (SSSR count). The van der Waals surface area contributed by atoms with Crippen molar-refractivity contribution in [1.82, 2.24) is 0 Å². The van der Waals surface area contributed by atoms with Crippen LogP contribution in [0.15, 0.2) is 24.3 Å². The van der Waals surface area contributed by atoms with Gasteiger partial charge in [0.2, 0.25) is 0 Å². The highest BCUT2D eigenvalue weighted by Gasteiger charge is 2.64. The number of benzene rings is 1. The standard InChI is InChI=1S/C20H26O3Si/c1-18(10-11-18)19-13-21-20(22-14-19,23-15-19)17-7-5-16(6-8-17)9-12-24(2,3)4/h5-8H,10-11,13-15H2,1-4H3. The third kappa shape index (κ3) is 2.64. The summed E-state index contributed by atoms with van der Waals surface area (Å²) in [5, 5.41) is 0. The Labute approximate surface area is 145 Å². The number of hydrogen-bond donors (Lipinski definition) is 0. The van der Waals surface area contributed by atoms with Crippen LogP contribution >= 0.6 is 0 Å². The van der Waals surface area contributed by atoms with Crippen molar-refractivity contribution in [2.24, 2.45) is 10.8 Å². The lowest BCUT2D eigenvalue weighted by molar-refractivity contribution is -0.486. The third-order valence-electron chi connectivity index (χ3n) is 5.72. The second-order valence-corrected chi connectivity index (χ2v) is 13.6. The van der Waals surface area contributed by atoms with Gasteiger partial charge in [-0.05, 0) is 42.5 Å². The normalized spacial score (nSPS) is 33.7. The van der Waals surface area contributed by atoms with Crippen molar-refractivity contribution in [1.29, 1.82) is 0 Å². The molecule has 3 nitrogen and oxygen atoms in total. The van der Waals surface area contributed by atoms with E-state index >= 15 is 0 Å². The van der Waals surface area contributed by atoms with Crippen LogP contribution < -0.4 is 0 Å². The summed E-state index contributed by atoms with van der Waals surface area (Å²) in [7, 11) is -1.36. The molecule has 1 aliphatic carbocycles. The predicted molar refractivity (Wildman–Crippen MR) is 96.0 cm³/mol. The molecule has 0 amide bonds. The van der Waals surface area contributed by atoms with Crippen LogP contribution in [0.4, 0.5) is 0 Å². The maximum absolute atomic E-state index is 6.10. The van der Waals surface area contributed by atoms with Crippen molar-refractivity contribution >= 4 is 8.07 Å². The van der Waals surface area contributed by atoms with E-state index in [0.717, 1.165) is 30.9 Å². The molecule has 24 heavy (non-hydrogen) atoms. The zero-order chi connectivity index (χ0) is 17.1. The van der Waals surface area contributed by atoms with E-state index in [1.54, 1.807) is 0 Å². The molecule has 2 bridgehead atoms. The van der Waals surface area contributed by atoms with Crippen LogP contribution in [0.5, 0.6) is 0 Å². The van der Waals surface area contributed by atoms with E-state index in [9.17, 15) is 0 Å². The molecule has 0 aromatic heterocycles. The topological polar surface area (TPSA) is 27.7 Å². The summed E-state index contributed by atoms with van der Waals surface area (Å²) in [6.45, 7) is 11.2. The number of rotatable bonds is 2. The van der Waals surface area contributed by atoms with Gasteiger partial charge in [0.25, 0.3) is 0 Å². The smallest absolute Gasteiger partial charge is 0.312 e. The molecule has 1 aromatic carbocycles. The van der Waals surface area contributed by atoms with Crippen molar-refractivity contribution in [3.63, 3.8) is 0 Å². The van der Waals surface area contributed by atoms with Gasteiger partial charge in [-0.25, -0.2) is 0 Å². The summed E-state index contributed by atoms with van der Waals surface area (Å²) in [4.78, 5) is 0. The molecule has 4 fully saturated rings. The van der Waals surface area contributed by atoms with E-state index in [2.05, 4.69) is 38.0 Å². The molecule has 0 spiro atoms. The first kappa shape index (κ1) is 16.4. The first-order valence-corrected chi connectivity index (χ1v) is 12.3. The zero-order valence-corrected chi connectivity index (χ0v) is 16.1. The van der Waals surface area contributed by atoms with Gasteiger partial charge in [0, 0.05) is 16.5 Å². The van der Waals surface area contributed by atoms with Crippen molar-refractivity contribution in [2.45, 2.75) is 45.4 Å². The zero-order valence-electron chi connectivity index (χ0n) is 15.1. The van der Waals surface area contributed by atoms with Crippen LogP contribution in [0.1, 0.15) is 30.9 Å². The van der Waals surface area contributed by atoms with Crippen LogP contribution in [-0.2, 0) is 20.2 Å². The molecule has 0 unspecified atom stereocenters. The van der Waals surface area contributed by atoms with E-state index in [1.807, 2.05) is 24.3 Å². The van der Waals surface area contributed by atoms with Gasteiger partial charge in [0.1, 0.15) is 8.07 Å². The molecule has 4 aliphatic rings. The lowest BCUT2D eigenvalue weighted by Gasteiger charge is -2.54. The van der Waals surface area contributed by atoms with Gasteiger partial charge in [0.15, 0.2) is 0 Å². The Bertz CT molecular complexity index is 677. The summed E-state index contributed by atoms with van der Waals surface area (Å²) < 4.78 is 18.3. The van der Waals surface area contributed by atoms with Gasteiger partial charge in [-0.3, -0.25) is 0 Å². The van der Waals surface area contributed by atoms with E-state index in [-0.39, 0.29) is 5.41 Å². The monoisotopic (exact) mass is 342 g/mol. The Balaban J connectivity index is 1.52. The summed E-state index contributed by atoms with van der Waals surface area (Å²) in [6.07, 6.45) is 2.50. The summed E-state index contributed by atoms with van der Waals surface area (Å²) in [5.74, 6) is 2.26. The molecule has 1 saturated carbocycles. The fourth-order valence-corrected chi connectivity index (χ4v) is 3.98. The average molecular weight is 343 g/mol. The summed E-state index contributed by atoms with van der Waals surface area (Å²) in [5.41, 5.74) is 5.72. The molecule has 4 heteroatoms. The number of ether oxygens (including phenoxy) is 3. The van der Waals surface area contributed by atoms with Crippen molar-refractivity contribution in [3.05, 3.63) is 35.4 Å². The highest BCUT2D eigenvalue weighted by molar-refractivity contribution is 6.83. The van der Waals surface area contributed by atoms with Gasteiger partial charge >= 0.3 is 5.97 Å². The first-order valence-electron chi connectivity index (χ1n) is 8.82. The van der Waals surface area contributed by atoms with Crippen molar-refractivity contribution in [2.75, 3.05) is 19.8 Å². The third-order valence-corrected chi connectivity index (χ3v) is 6.59. The molecule has 0 atom stereocenters. The number of fused-ring (bicyclic) bond motifs is 3. The van der Waals surface area contributed by atoms with Gasteiger partial charge in [-0.2, -0.15) is 0 Å². The highest BCUT2D eigenvalue weighted by atomic mass is 28.3. The van der Waals surface area contributed by atoms with E-state index in [0.29, 0.717) is 5.41 Å². The summed E-state index contributed by atoms with van der Waals surface area (Å²) in [6, 6.07) is 8.11. The van der Waals surface area contributed by atoms with E-state index in [1.165, 1.54) is 12.8 Å². The predicted octanol–water partition coefficient (Wildman–Crippen LogP) is 3.89. The van der Waals surface area contributed by atoms with Gasteiger partial charge in [-0.15, -0.1) is 5.54 Å². The molecule has 3 saturated heterocycles. The maximum Gasteiger partial charge on any atom is 0.312 e. The molecule has 3 aliphatic heterocycles. The van der Waals surface area contributed by atoms with Gasteiger partial charge in [-0.1, -0.05) is 32.5 Å². The molecule has 3 heterocycles. The van der Waals surface area contributed by atoms with E-state index in [4.69, 9.17) is 14.2 Å². The van der Waals surface area contributed by atoms with Crippen LogP contribution in [0, 0.1) is 22.3 Å². The quantitative estimate of drug-likeness (QED) is 0.603. The second-order valence-electron chi connectivity index (χ2n) is 8.84. The number of hydrogen-bond acceptors (Lipinski definition) is 3. The second kappa shape index (κ2) is 5.19. The van der Waals surface area contributed by atoms with Gasteiger partial charge < -0.3 is 14.2 Å². The van der Waals surface area contributed by atoms with Crippen molar-refractivity contribution in [3.8, 4) is 11.5 Å². The molecule has 0 radical (unpaired) electrons. The molecule has 1 aromatic rings. The maximum atomic E-state index is 6.10. The Kier molecular flexibility index (Phi) is 3.53. The SMILES string of the molecule is CC1(C23COC(c4ccc(C#C[Si](C)(C)C)cc4)(OC2)OC3)CC1. The van der Waals surface area contributed by atoms with Crippen molar-refractivity contribution < 1.29 is 14.2 Å². The minimum absolute atomic E-state index is 0.0392. The Morgan fingerprint density at radius 1 is 0.917 bits per heavy atom. The highest BCUT2D eigenvalue weighted by Crippen LogP contribution is 2.63. The van der Waals surface area contributed by atoms with E-state index < -0.39 is 14.0 Å². The largest absolute Gasteiger partial charge is 0.323 e. The minimum atomic E-state index is -1.36. The molecule has 128 valence electrons. The summed E-state index contributed by atoms with van der Waals surface area (Å²) >= 11 is 0. The minimum Gasteiger partial charge on any atom is -0.323 e. The Morgan fingerprint density at radius 3 is 1.92 bits per heavy atom. The lowest BCUT2D eigenvalue weighted by Crippen LogP contribution is -2.61. The lowest BCUT2D eigenvalue weighted by atomic mass is 9.74. The van der Waals surface area contributed by atoms with Crippen LogP contribution in [-0.4, -0.2) is 27.9 Å². The van der Waals surface area contributed by atoms with Crippen LogP contribution in [0.2, 0.25) is 19.6 Å². The average Bonchev–Trinajstić information content (AvgIpc) is 3.34. The fourth-order valence-electron chi connectivity index (χ4n) is 3.46. The molecular formula is C20H26O3Si. The Morgan fingerprint density at radius 2 is 1.46 bits per heavy atom. The van der Waals surface area contributed by atoms with Crippen LogP contribution in [0.3, 0.4) is 0 Å². The molecular weight excluding hydrogens is 316 g/mol. The van der Waals surface area contributed by atoms with Gasteiger partial charge in [0.05, 0.1) is 19.8 Å². The first-order chi connectivity index (χ1) is 11.3. The fraction of sp³-hybridized carbons (Fsp3) is 0.600.